The summed E-state index contributed by atoms with van der Waals surface area (Å²) < 4.78 is 4.74. The Hall–Kier alpha value is -2.24. The van der Waals surface area contributed by atoms with Gasteiger partial charge in [0.25, 0.3) is 0 Å². The molecule has 3 rings (SSSR count). The minimum Gasteiger partial charge on any atom is -0.465 e. The molecular weight excluding hydrogens is 290 g/mol. The monoisotopic (exact) mass is 311 g/mol. The first kappa shape index (κ1) is 15.6. The molecule has 0 aliphatic carbocycles. The third kappa shape index (κ3) is 3.75. The molecule has 0 amide bonds. The van der Waals surface area contributed by atoms with E-state index in [4.69, 9.17) is 4.74 Å². The maximum atomic E-state index is 11.5. The van der Waals surface area contributed by atoms with Crippen molar-refractivity contribution < 1.29 is 9.53 Å². The molecule has 5 heteroatoms. The number of esters is 1. The van der Waals surface area contributed by atoms with Crippen molar-refractivity contribution >= 4 is 5.97 Å². The Morgan fingerprint density at radius 3 is 2.87 bits per heavy atom. The smallest absolute Gasteiger partial charge is 0.337 e. The number of hydrogen-bond donors (Lipinski definition) is 1. The van der Waals surface area contributed by atoms with Crippen LogP contribution in [0.25, 0.3) is 0 Å². The second kappa shape index (κ2) is 7.35. The molecule has 1 aromatic heterocycles. The van der Waals surface area contributed by atoms with Crippen molar-refractivity contribution in [2.75, 3.05) is 26.7 Å². The fourth-order valence-electron chi connectivity index (χ4n) is 2.94. The maximum absolute atomic E-state index is 11.5. The Bertz CT molecular complexity index is 643. The van der Waals surface area contributed by atoms with Crippen molar-refractivity contribution in [1.29, 1.82) is 0 Å². The van der Waals surface area contributed by atoms with Gasteiger partial charge in [0.15, 0.2) is 0 Å². The topological polar surface area (TPSA) is 54.5 Å². The number of benzene rings is 1. The highest BCUT2D eigenvalue weighted by molar-refractivity contribution is 5.89. The van der Waals surface area contributed by atoms with E-state index >= 15 is 0 Å². The summed E-state index contributed by atoms with van der Waals surface area (Å²) in [4.78, 5) is 18.2. The number of piperazine rings is 1. The molecule has 1 aromatic carbocycles. The van der Waals surface area contributed by atoms with E-state index < -0.39 is 0 Å². The van der Waals surface area contributed by atoms with E-state index in [-0.39, 0.29) is 5.97 Å². The lowest BCUT2D eigenvalue weighted by Crippen LogP contribution is -2.45. The van der Waals surface area contributed by atoms with Gasteiger partial charge < -0.3 is 10.1 Å². The second-order valence-electron chi connectivity index (χ2n) is 5.67. The van der Waals surface area contributed by atoms with Crippen LogP contribution < -0.4 is 5.32 Å². The molecule has 0 saturated carbocycles. The molecule has 5 nitrogen and oxygen atoms in total. The Morgan fingerprint density at radius 1 is 1.35 bits per heavy atom. The highest BCUT2D eigenvalue weighted by Gasteiger charge is 2.23. The van der Waals surface area contributed by atoms with Gasteiger partial charge in [-0.2, -0.15) is 0 Å². The van der Waals surface area contributed by atoms with Gasteiger partial charge in [-0.1, -0.05) is 18.2 Å². The summed E-state index contributed by atoms with van der Waals surface area (Å²) in [5, 5.41) is 3.45. The van der Waals surface area contributed by atoms with Gasteiger partial charge in [-0.25, -0.2) is 4.79 Å². The molecule has 23 heavy (non-hydrogen) atoms. The van der Waals surface area contributed by atoms with Crippen molar-refractivity contribution in [1.82, 2.24) is 15.2 Å². The van der Waals surface area contributed by atoms with Crippen LogP contribution in [0.4, 0.5) is 0 Å². The largest absolute Gasteiger partial charge is 0.465 e. The molecule has 0 radical (unpaired) electrons. The third-order valence-corrected chi connectivity index (χ3v) is 4.18. The van der Waals surface area contributed by atoms with Gasteiger partial charge in [0, 0.05) is 44.6 Å². The van der Waals surface area contributed by atoms with E-state index in [1.807, 2.05) is 36.5 Å². The second-order valence-corrected chi connectivity index (χ2v) is 5.67. The summed E-state index contributed by atoms with van der Waals surface area (Å²) in [6, 6.07) is 12.1. The Kier molecular flexibility index (Phi) is 5.00. The van der Waals surface area contributed by atoms with E-state index in [1.165, 1.54) is 18.2 Å². The molecule has 0 spiro atoms. The van der Waals surface area contributed by atoms with Crippen molar-refractivity contribution in [2.45, 2.75) is 12.6 Å². The number of aromatic nitrogens is 1. The molecule has 1 aliphatic rings. The highest BCUT2D eigenvalue weighted by Crippen LogP contribution is 2.23. The number of rotatable bonds is 4. The van der Waals surface area contributed by atoms with Crippen LogP contribution in [-0.4, -0.2) is 42.6 Å². The first-order valence-corrected chi connectivity index (χ1v) is 7.80. The van der Waals surface area contributed by atoms with Crippen LogP contribution in [-0.2, 0) is 11.3 Å². The fourth-order valence-corrected chi connectivity index (χ4v) is 2.94. The number of ether oxygens (including phenoxy) is 1. The number of nitrogens with zero attached hydrogens (tertiary/aromatic N) is 2. The average molecular weight is 311 g/mol. The first-order valence-electron chi connectivity index (χ1n) is 7.80. The van der Waals surface area contributed by atoms with E-state index in [0.717, 1.165) is 26.2 Å². The van der Waals surface area contributed by atoms with Gasteiger partial charge in [-0.3, -0.25) is 9.88 Å². The van der Waals surface area contributed by atoms with Crippen LogP contribution >= 0.6 is 0 Å². The Balaban J connectivity index is 1.73. The van der Waals surface area contributed by atoms with E-state index in [2.05, 4.69) is 21.3 Å². The van der Waals surface area contributed by atoms with Gasteiger partial charge >= 0.3 is 5.97 Å². The highest BCUT2D eigenvalue weighted by atomic mass is 16.5. The molecule has 1 N–H and O–H groups in total. The summed E-state index contributed by atoms with van der Waals surface area (Å²) in [6.07, 6.45) is 3.74. The quantitative estimate of drug-likeness (QED) is 0.876. The number of methoxy groups -OCH3 is 1. The molecule has 1 aliphatic heterocycles. The van der Waals surface area contributed by atoms with E-state index in [1.54, 1.807) is 6.20 Å². The van der Waals surface area contributed by atoms with Crippen LogP contribution in [0.5, 0.6) is 0 Å². The SMILES string of the molecule is COC(=O)c1ccc(CN2CCNCC2c2cccnc2)cc1. The maximum Gasteiger partial charge on any atom is 0.337 e. The minimum atomic E-state index is -0.299. The molecule has 1 atom stereocenters. The normalized spacial score (nSPS) is 18.6. The van der Waals surface area contributed by atoms with Crippen LogP contribution in [0.15, 0.2) is 48.8 Å². The molecule has 2 heterocycles. The average Bonchev–Trinajstić information content (AvgIpc) is 2.63. The first-order chi connectivity index (χ1) is 11.3. The van der Waals surface area contributed by atoms with Gasteiger partial charge in [-0.05, 0) is 29.3 Å². The van der Waals surface area contributed by atoms with Crippen LogP contribution in [0.3, 0.4) is 0 Å². The van der Waals surface area contributed by atoms with Crippen molar-refractivity contribution in [2.24, 2.45) is 0 Å². The lowest BCUT2D eigenvalue weighted by molar-refractivity contribution is 0.0600. The summed E-state index contributed by atoms with van der Waals surface area (Å²) in [6.45, 7) is 3.74. The van der Waals surface area contributed by atoms with Crippen LogP contribution in [0.1, 0.15) is 27.5 Å². The van der Waals surface area contributed by atoms with Crippen molar-refractivity contribution in [3.05, 3.63) is 65.5 Å². The lowest BCUT2D eigenvalue weighted by atomic mass is 10.0. The third-order valence-electron chi connectivity index (χ3n) is 4.18. The number of carbonyl (C=O) groups excluding carboxylic acids is 1. The van der Waals surface area contributed by atoms with Crippen molar-refractivity contribution in [3.8, 4) is 0 Å². The van der Waals surface area contributed by atoms with Gasteiger partial charge in [0.05, 0.1) is 12.7 Å². The Morgan fingerprint density at radius 2 is 2.17 bits per heavy atom. The van der Waals surface area contributed by atoms with E-state index in [0.29, 0.717) is 11.6 Å². The number of hydrogen-bond acceptors (Lipinski definition) is 5. The summed E-state index contributed by atoms with van der Waals surface area (Å²) in [7, 11) is 1.40. The predicted octanol–water partition coefficient (Wildman–Crippen LogP) is 2.01. The number of nitrogens with one attached hydrogen (secondary N) is 1. The van der Waals surface area contributed by atoms with E-state index in [9.17, 15) is 4.79 Å². The predicted molar refractivity (Wildman–Crippen MR) is 88.0 cm³/mol. The molecule has 1 fully saturated rings. The fraction of sp³-hybridized carbons (Fsp3) is 0.333. The van der Waals surface area contributed by atoms with Gasteiger partial charge in [0.2, 0.25) is 0 Å². The molecule has 0 bridgehead atoms. The lowest BCUT2D eigenvalue weighted by Gasteiger charge is -2.36. The zero-order chi connectivity index (χ0) is 16.1. The van der Waals surface area contributed by atoms with Gasteiger partial charge in [0.1, 0.15) is 0 Å². The molecule has 1 saturated heterocycles. The summed E-state index contributed by atoms with van der Waals surface area (Å²) in [5.74, 6) is -0.299. The molecule has 120 valence electrons. The molecule has 2 aromatic rings. The van der Waals surface area contributed by atoms with Gasteiger partial charge in [-0.15, -0.1) is 0 Å². The molecule has 1 unspecified atom stereocenters. The van der Waals surface area contributed by atoms with Crippen molar-refractivity contribution in [3.63, 3.8) is 0 Å². The summed E-state index contributed by atoms with van der Waals surface area (Å²) in [5.41, 5.74) is 3.00. The zero-order valence-electron chi connectivity index (χ0n) is 13.2. The van der Waals surface area contributed by atoms with Crippen LogP contribution in [0.2, 0.25) is 0 Å². The minimum absolute atomic E-state index is 0.299. The molecular formula is C18H21N3O2. The number of carbonyl (C=O) groups is 1. The standard InChI is InChI=1S/C18H21N3O2/c1-23-18(22)15-6-4-14(5-7-15)13-21-10-9-20-12-17(21)16-3-2-8-19-11-16/h2-8,11,17,20H,9-10,12-13H2,1H3. The number of pyridine rings is 1. The Labute approximate surface area is 136 Å². The van der Waals surface area contributed by atoms with Crippen LogP contribution in [0, 0.1) is 0 Å². The summed E-state index contributed by atoms with van der Waals surface area (Å²) >= 11 is 0. The zero-order valence-corrected chi connectivity index (χ0v) is 13.2.